The molecule has 0 saturated heterocycles. The summed E-state index contributed by atoms with van der Waals surface area (Å²) in [6.07, 6.45) is 0. The number of nitrogens with one attached hydrogen (secondary N) is 1. The summed E-state index contributed by atoms with van der Waals surface area (Å²) in [5.74, 6) is 1.16. The lowest BCUT2D eigenvalue weighted by molar-refractivity contribution is -0.120. The molecule has 3 heteroatoms. The lowest BCUT2D eigenvalue weighted by Crippen LogP contribution is -2.35. The Balaban J connectivity index is 4.30. The fraction of sp³-hybridized carbons (Fsp3) is 0.909. The molecule has 2 atom stereocenters. The van der Waals surface area contributed by atoms with Crippen LogP contribution in [0.3, 0.4) is 0 Å². The first-order valence-electron chi connectivity index (χ1n) is 5.27. The quantitative estimate of drug-likeness (QED) is 0.767. The highest BCUT2D eigenvalue weighted by Gasteiger charge is 2.24. The first-order chi connectivity index (χ1) is 6.40. The van der Waals surface area contributed by atoms with Gasteiger partial charge in [0.15, 0.2) is 0 Å². The van der Waals surface area contributed by atoms with Crippen LogP contribution in [0.25, 0.3) is 0 Å². The molecule has 2 nitrogen and oxygen atoms in total. The number of thioether (sulfide) groups is 1. The molecule has 0 aromatic heterocycles. The van der Waals surface area contributed by atoms with E-state index in [1.165, 1.54) is 0 Å². The molecule has 0 bridgehead atoms. The van der Waals surface area contributed by atoms with Crippen LogP contribution in [0.4, 0.5) is 0 Å². The number of carbonyl (C=O) groups excluding carboxylic acids is 1. The normalized spacial score (nSPS) is 15.7. The standard InChI is InChI=1S/C11H23NOS/c1-7(2)9(5)14-10(8(3)4)11(13)12-6/h7-10H,1-6H3,(H,12,13)/t9-,10?/m0/s1. The van der Waals surface area contributed by atoms with Crippen molar-refractivity contribution in [3.8, 4) is 0 Å². The van der Waals surface area contributed by atoms with Gasteiger partial charge in [0.25, 0.3) is 0 Å². The molecular weight excluding hydrogens is 194 g/mol. The molecule has 14 heavy (non-hydrogen) atoms. The van der Waals surface area contributed by atoms with Gasteiger partial charge in [-0.3, -0.25) is 4.79 Å². The molecule has 1 unspecified atom stereocenters. The van der Waals surface area contributed by atoms with Crippen molar-refractivity contribution in [2.45, 2.75) is 45.1 Å². The van der Waals surface area contributed by atoms with Crippen molar-refractivity contribution < 1.29 is 4.79 Å². The van der Waals surface area contributed by atoms with Crippen molar-refractivity contribution in [1.82, 2.24) is 5.32 Å². The molecule has 1 N–H and O–H groups in total. The van der Waals surface area contributed by atoms with E-state index in [-0.39, 0.29) is 11.2 Å². The van der Waals surface area contributed by atoms with Gasteiger partial charge in [0.1, 0.15) is 0 Å². The zero-order valence-corrected chi connectivity index (χ0v) is 10.9. The van der Waals surface area contributed by atoms with Crippen LogP contribution >= 0.6 is 11.8 Å². The van der Waals surface area contributed by atoms with E-state index in [2.05, 4.69) is 39.9 Å². The lowest BCUT2D eigenvalue weighted by atomic mass is 10.1. The average Bonchev–Trinajstić information content (AvgIpc) is 2.11. The van der Waals surface area contributed by atoms with E-state index < -0.39 is 0 Å². The summed E-state index contributed by atoms with van der Waals surface area (Å²) < 4.78 is 0. The summed E-state index contributed by atoms with van der Waals surface area (Å²) in [5.41, 5.74) is 0. The first kappa shape index (κ1) is 13.8. The van der Waals surface area contributed by atoms with Crippen molar-refractivity contribution in [2.24, 2.45) is 11.8 Å². The van der Waals surface area contributed by atoms with Crippen LogP contribution in [0.2, 0.25) is 0 Å². The monoisotopic (exact) mass is 217 g/mol. The molecule has 0 spiro atoms. The van der Waals surface area contributed by atoms with Crippen LogP contribution in [0.15, 0.2) is 0 Å². The van der Waals surface area contributed by atoms with Crippen LogP contribution in [0, 0.1) is 11.8 Å². The molecular formula is C11H23NOS. The van der Waals surface area contributed by atoms with E-state index in [4.69, 9.17) is 0 Å². The molecule has 0 fully saturated rings. The molecule has 0 aliphatic rings. The second-order valence-electron chi connectivity index (χ2n) is 4.36. The predicted octanol–water partition coefficient (Wildman–Crippen LogP) is 2.53. The Hall–Kier alpha value is -0.180. The third-order valence-electron chi connectivity index (χ3n) is 2.41. The predicted molar refractivity (Wildman–Crippen MR) is 64.6 cm³/mol. The Morgan fingerprint density at radius 1 is 1.07 bits per heavy atom. The van der Waals surface area contributed by atoms with Gasteiger partial charge >= 0.3 is 0 Å². The van der Waals surface area contributed by atoms with E-state index >= 15 is 0 Å². The molecule has 0 aliphatic carbocycles. The Morgan fingerprint density at radius 2 is 1.57 bits per heavy atom. The highest BCUT2D eigenvalue weighted by Crippen LogP contribution is 2.28. The van der Waals surface area contributed by atoms with Gasteiger partial charge in [-0.15, -0.1) is 11.8 Å². The Bertz CT molecular complexity index is 180. The summed E-state index contributed by atoms with van der Waals surface area (Å²) in [7, 11) is 1.71. The Kier molecular flexibility index (Phi) is 6.25. The maximum atomic E-state index is 11.6. The van der Waals surface area contributed by atoms with Gasteiger partial charge in [-0.25, -0.2) is 0 Å². The summed E-state index contributed by atoms with van der Waals surface area (Å²) in [5, 5.41) is 3.34. The fourth-order valence-corrected chi connectivity index (χ4v) is 2.38. The van der Waals surface area contributed by atoms with Gasteiger partial charge in [-0.1, -0.05) is 34.6 Å². The lowest BCUT2D eigenvalue weighted by Gasteiger charge is -2.24. The maximum Gasteiger partial charge on any atom is 0.233 e. The van der Waals surface area contributed by atoms with Crippen LogP contribution in [-0.2, 0) is 4.79 Å². The molecule has 0 radical (unpaired) electrons. The maximum absolute atomic E-state index is 11.6. The van der Waals surface area contributed by atoms with Crippen molar-refractivity contribution >= 4 is 17.7 Å². The van der Waals surface area contributed by atoms with Gasteiger partial charge in [0, 0.05) is 12.3 Å². The van der Waals surface area contributed by atoms with Crippen LogP contribution < -0.4 is 5.32 Å². The van der Waals surface area contributed by atoms with E-state index in [0.717, 1.165) is 0 Å². The van der Waals surface area contributed by atoms with Gasteiger partial charge in [-0.2, -0.15) is 0 Å². The fourth-order valence-electron chi connectivity index (χ4n) is 1.05. The summed E-state index contributed by atoms with van der Waals surface area (Å²) in [4.78, 5) is 11.6. The van der Waals surface area contributed by atoms with Crippen LogP contribution in [0.1, 0.15) is 34.6 Å². The van der Waals surface area contributed by atoms with Gasteiger partial charge < -0.3 is 5.32 Å². The third kappa shape index (κ3) is 4.36. The Labute approximate surface area is 92.2 Å². The zero-order valence-electron chi connectivity index (χ0n) is 10.1. The number of carbonyl (C=O) groups is 1. The molecule has 0 aromatic carbocycles. The number of rotatable bonds is 5. The molecule has 0 rings (SSSR count). The molecule has 1 amide bonds. The first-order valence-corrected chi connectivity index (χ1v) is 6.21. The van der Waals surface area contributed by atoms with E-state index in [9.17, 15) is 4.79 Å². The zero-order chi connectivity index (χ0) is 11.3. The average molecular weight is 217 g/mol. The minimum absolute atomic E-state index is 0.0809. The van der Waals surface area contributed by atoms with E-state index in [0.29, 0.717) is 17.1 Å². The van der Waals surface area contributed by atoms with Crippen molar-refractivity contribution in [3.63, 3.8) is 0 Å². The highest BCUT2D eigenvalue weighted by molar-refractivity contribution is 8.01. The highest BCUT2D eigenvalue weighted by atomic mass is 32.2. The minimum atomic E-state index is 0.0809. The van der Waals surface area contributed by atoms with Crippen LogP contribution in [-0.4, -0.2) is 23.5 Å². The molecule has 0 aromatic rings. The van der Waals surface area contributed by atoms with E-state index in [1.807, 2.05) is 0 Å². The topological polar surface area (TPSA) is 29.1 Å². The molecule has 0 aliphatic heterocycles. The smallest absolute Gasteiger partial charge is 0.233 e. The number of amides is 1. The Morgan fingerprint density at radius 3 is 1.86 bits per heavy atom. The summed E-state index contributed by atoms with van der Waals surface area (Å²) >= 11 is 1.78. The van der Waals surface area contributed by atoms with Crippen molar-refractivity contribution in [2.75, 3.05) is 7.05 Å². The number of hydrogen-bond donors (Lipinski definition) is 1. The SMILES string of the molecule is CNC(=O)C(S[C@@H](C)C(C)C)C(C)C. The molecule has 0 saturated carbocycles. The second-order valence-corrected chi connectivity index (χ2v) is 5.89. The van der Waals surface area contributed by atoms with Crippen molar-refractivity contribution in [1.29, 1.82) is 0 Å². The number of hydrogen-bond acceptors (Lipinski definition) is 2. The third-order valence-corrected chi connectivity index (χ3v) is 4.44. The van der Waals surface area contributed by atoms with Crippen molar-refractivity contribution in [3.05, 3.63) is 0 Å². The minimum Gasteiger partial charge on any atom is -0.358 e. The molecule has 84 valence electrons. The molecule has 0 heterocycles. The van der Waals surface area contributed by atoms with E-state index in [1.54, 1.807) is 18.8 Å². The van der Waals surface area contributed by atoms with Gasteiger partial charge in [0.2, 0.25) is 5.91 Å². The van der Waals surface area contributed by atoms with Gasteiger partial charge in [-0.05, 0) is 11.8 Å². The second kappa shape index (κ2) is 6.33. The summed E-state index contributed by atoms with van der Waals surface area (Å²) in [6, 6.07) is 0. The summed E-state index contributed by atoms with van der Waals surface area (Å²) in [6.45, 7) is 10.8. The van der Waals surface area contributed by atoms with Crippen LogP contribution in [0.5, 0.6) is 0 Å². The van der Waals surface area contributed by atoms with Gasteiger partial charge in [0.05, 0.1) is 5.25 Å². The largest absolute Gasteiger partial charge is 0.358 e.